The number of aliphatic carboxylic acids is 3. The average Bonchev–Trinajstić information content (AvgIpc) is 2.02. The number of carbonyl (C=O) groups is 3. The minimum absolute atomic E-state index is 0. The second-order valence-corrected chi connectivity index (χ2v) is 3.10. The minimum atomic E-state index is -2.77. The molecule has 0 spiro atoms. The molecule has 2 unspecified atom stereocenters. The van der Waals surface area contributed by atoms with Crippen LogP contribution in [0.1, 0.15) is 19.8 Å². The van der Waals surface area contributed by atoms with E-state index in [2.05, 4.69) is 0 Å². The summed E-state index contributed by atoms with van der Waals surface area (Å²) < 4.78 is 0. The summed E-state index contributed by atoms with van der Waals surface area (Å²) in [7, 11) is 0. The summed E-state index contributed by atoms with van der Waals surface area (Å²) >= 11 is 0. The van der Waals surface area contributed by atoms with Crippen LogP contribution < -0.4 is 29.6 Å². The van der Waals surface area contributed by atoms with E-state index in [4.69, 9.17) is 15.3 Å². The first-order chi connectivity index (χ1) is 6.75. The molecule has 8 heteroatoms. The molecule has 2 atom stereocenters. The first-order valence-electron chi connectivity index (χ1n) is 4.16. The smallest absolute Gasteiger partial charge is 0.481 e. The molecular formula is C8H12NaO7+. The Morgan fingerprint density at radius 2 is 1.62 bits per heavy atom. The number of carboxylic acids is 3. The third kappa shape index (κ3) is 4.09. The number of aliphatic hydroxyl groups is 1. The van der Waals surface area contributed by atoms with Crippen LogP contribution in [0, 0.1) is 5.92 Å². The Labute approximate surface area is 113 Å². The second-order valence-electron chi connectivity index (χ2n) is 3.10. The molecule has 0 aliphatic rings. The molecule has 0 heterocycles. The summed E-state index contributed by atoms with van der Waals surface area (Å²) in [6.07, 6.45) is -1.32. The molecular weight excluding hydrogens is 231 g/mol. The predicted molar refractivity (Wildman–Crippen MR) is 46.3 cm³/mol. The topological polar surface area (TPSA) is 132 Å². The van der Waals surface area contributed by atoms with Crippen LogP contribution in [0.4, 0.5) is 0 Å². The van der Waals surface area contributed by atoms with Crippen molar-refractivity contribution in [2.45, 2.75) is 25.4 Å². The van der Waals surface area contributed by atoms with Gasteiger partial charge in [-0.1, -0.05) is 6.92 Å². The molecule has 0 bridgehead atoms. The molecule has 0 radical (unpaired) electrons. The van der Waals surface area contributed by atoms with E-state index in [1.807, 2.05) is 0 Å². The molecule has 0 rings (SSSR count). The fourth-order valence-corrected chi connectivity index (χ4v) is 1.29. The molecule has 16 heavy (non-hydrogen) atoms. The van der Waals surface area contributed by atoms with E-state index >= 15 is 0 Å². The molecule has 86 valence electrons. The van der Waals surface area contributed by atoms with Gasteiger partial charge < -0.3 is 20.4 Å². The summed E-state index contributed by atoms with van der Waals surface area (Å²) in [6, 6.07) is 0. The zero-order valence-corrected chi connectivity index (χ0v) is 11.0. The maximum atomic E-state index is 10.7. The van der Waals surface area contributed by atoms with Crippen molar-refractivity contribution in [3.05, 3.63) is 0 Å². The maximum Gasteiger partial charge on any atom is 1.00 e. The van der Waals surface area contributed by atoms with Gasteiger partial charge in [0, 0.05) is 0 Å². The first-order valence-corrected chi connectivity index (χ1v) is 4.16. The standard InChI is InChI=1S/C8H12O7.Na/c1-2-4(6(11)12)8(15,7(13)14)3-5(9)10;/h4,15H,2-3H2,1H3,(H,9,10)(H,11,12)(H,13,14);/q;+1. The van der Waals surface area contributed by atoms with E-state index in [0.29, 0.717) is 0 Å². The van der Waals surface area contributed by atoms with Gasteiger partial charge in [-0.2, -0.15) is 0 Å². The molecule has 0 aromatic rings. The van der Waals surface area contributed by atoms with Gasteiger partial charge in [0.05, 0.1) is 12.3 Å². The number of carboxylic acid groups (broad SMARTS) is 3. The maximum absolute atomic E-state index is 10.7. The van der Waals surface area contributed by atoms with E-state index in [9.17, 15) is 19.5 Å². The van der Waals surface area contributed by atoms with Gasteiger partial charge in [0.25, 0.3) is 0 Å². The Bertz CT molecular complexity index is 290. The zero-order chi connectivity index (χ0) is 12.2. The molecule has 7 nitrogen and oxygen atoms in total. The van der Waals surface area contributed by atoms with Crippen molar-refractivity contribution in [1.82, 2.24) is 0 Å². The van der Waals surface area contributed by atoms with Crippen molar-refractivity contribution in [3.8, 4) is 0 Å². The van der Waals surface area contributed by atoms with Crippen LogP contribution in [-0.4, -0.2) is 43.9 Å². The van der Waals surface area contributed by atoms with Crippen molar-refractivity contribution in [2.24, 2.45) is 5.92 Å². The van der Waals surface area contributed by atoms with E-state index in [1.165, 1.54) is 6.92 Å². The third-order valence-electron chi connectivity index (χ3n) is 2.07. The van der Waals surface area contributed by atoms with Crippen LogP contribution in [0.15, 0.2) is 0 Å². The molecule has 0 saturated heterocycles. The van der Waals surface area contributed by atoms with E-state index in [0.717, 1.165) is 0 Å². The van der Waals surface area contributed by atoms with Crippen molar-refractivity contribution in [2.75, 3.05) is 0 Å². The summed E-state index contributed by atoms with van der Waals surface area (Å²) in [6.45, 7) is 1.36. The monoisotopic (exact) mass is 243 g/mol. The molecule has 0 saturated carbocycles. The molecule has 4 N–H and O–H groups in total. The van der Waals surface area contributed by atoms with Gasteiger partial charge in [-0.15, -0.1) is 0 Å². The van der Waals surface area contributed by atoms with Gasteiger partial charge in [-0.25, -0.2) is 4.79 Å². The Hall–Kier alpha value is -0.630. The van der Waals surface area contributed by atoms with Gasteiger partial charge in [-0.3, -0.25) is 9.59 Å². The first kappa shape index (κ1) is 17.8. The van der Waals surface area contributed by atoms with Crippen LogP contribution >= 0.6 is 0 Å². The molecule has 0 aromatic heterocycles. The van der Waals surface area contributed by atoms with Crippen LogP contribution in [0.5, 0.6) is 0 Å². The van der Waals surface area contributed by atoms with Crippen LogP contribution in [0.25, 0.3) is 0 Å². The third-order valence-corrected chi connectivity index (χ3v) is 2.07. The fraction of sp³-hybridized carbons (Fsp3) is 0.625. The largest absolute Gasteiger partial charge is 1.00 e. The Morgan fingerprint density at radius 1 is 1.19 bits per heavy atom. The predicted octanol–water partition coefficient (Wildman–Crippen LogP) is -3.61. The fourth-order valence-electron chi connectivity index (χ4n) is 1.29. The van der Waals surface area contributed by atoms with Crippen LogP contribution in [-0.2, 0) is 14.4 Å². The summed E-state index contributed by atoms with van der Waals surface area (Å²) in [5.41, 5.74) is -2.77. The Kier molecular flexibility index (Phi) is 7.60. The average molecular weight is 243 g/mol. The number of hydrogen-bond donors (Lipinski definition) is 4. The molecule has 0 aliphatic carbocycles. The second kappa shape index (κ2) is 6.85. The van der Waals surface area contributed by atoms with Crippen LogP contribution in [0.3, 0.4) is 0 Å². The van der Waals surface area contributed by atoms with Crippen molar-refractivity contribution < 1.29 is 64.4 Å². The van der Waals surface area contributed by atoms with Gasteiger partial charge >= 0.3 is 47.5 Å². The zero-order valence-electron chi connectivity index (χ0n) is 9.01. The van der Waals surface area contributed by atoms with Gasteiger partial charge in [0.2, 0.25) is 0 Å². The quantitative estimate of drug-likeness (QED) is 0.354. The van der Waals surface area contributed by atoms with Crippen molar-refractivity contribution >= 4 is 17.9 Å². The minimum Gasteiger partial charge on any atom is -0.481 e. The van der Waals surface area contributed by atoms with E-state index in [1.54, 1.807) is 0 Å². The van der Waals surface area contributed by atoms with Gasteiger partial charge in [0.1, 0.15) is 0 Å². The van der Waals surface area contributed by atoms with Crippen molar-refractivity contribution in [3.63, 3.8) is 0 Å². The molecule has 0 amide bonds. The molecule has 0 fully saturated rings. The summed E-state index contributed by atoms with van der Waals surface area (Å²) in [5, 5.41) is 35.2. The van der Waals surface area contributed by atoms with E-state index < -0.39 is 35.8 Å². The SMILES string of the molecule is CCC(C(=O)O)C(O)(CC(=O)O)C(=O)O.[Na+]. The number of rotatable bonds is 6. The summed E-state index contributed by atoms with van der Waals surface area (Å²) in [4.78, 5) is 31.7. The number of hydrogen-bond acceptors (Lipinski definition) is 4. The normalized spacial score (nSPS) is 15.4. The Morgan fingerprint density at radius 3 is 1.81 bits per heavy atom. The summed E-state index contributed by atoms with van der Waals surface area (Å²) in [5.74, 6) is -6.60. The molecule has 0 aromatic carbocycles. The Balaban J connectivity index is 0. The van der Waals surface area contributed by atoms with Gasteiger partial charge in [0.15, 0.2) is 5.60 Å². The van der Waals surface area contributed by atoms with Gasteiger partial charge in [-0.05, 0) is 6.42 Å². The van der Waals surface area contributed by atoms with E-state index in [-0.39, 0.29) is 36.0 Å². The van der Waals surface area contributed by atoms with Crippen LogP contribution in [0.2, 0.25) is 0 Å². The van der Waals surface area contributed by atoms with Crippen molar-refractivity contribution in [1.29, 1.82) is 0 Å². The molecule has 0 aliphatic heterocycles.